The Kier molecular flexibility index (Phi) is 6.24. The molecule has 0 aliphatic rings. The minimum atomic E-state index is -0.549. The summed E-state index contributed by atoms with van der Waals surface area (Å²) in [5, 5.41) is 5.64. The number of nitrogens with one attached hydrogen (secondary N) is 2. The summed E-state index contributed by atoms with van der Waals surface area (Å²) >= 11 is 7.04. The number of urea groups is 1. The zero-order valence-corrected chi connectivity index (χ0v) is 11.1. The standard InChI is InChI=1S/C11H12ClN3O2S/c1-2-5-14-11(17)15-9(16)7-18-10-8(12)4-3-6-13-10/h2-4,6H,1,5,7H2,(H2,14,15,16,17). The molecule has 1 rings (SSSR count). The average Bonchev–Trinajstić information content (AvgIpc) is 2.35. The van der Waals surface area contributed by atoms with Gasteiger partial charge in [0, 0.05) is 12.7 Å². The molecule has 0 bridgehead atoms. The van der Waals surface area contributed by atoms with Crippen LogP contribution in [-0.2, 0) is 4.79 Å². The number of hydrogen-bond acceptors (Lipinski definition) is 4. The fraction of sp³-hybridized carbons (Fsp3) is 0.182. The number of amides is 3. The SMILES string of the molecule is C=CCNC(=O)NC(=O)CSc1ncccc1Cl. The van der Waals surface area contributed by atoms with E-state index >= 15 is 0 Å². The Labute approximate surface area is 114 Å². The normalized spacial score (nSPS) is 9.61. The molecule has 0 spiro atoms. The van der Waals surface area contributed by atoms with Gasteiger partial charge in [-0.2, -0.15) is 0 Å². The predicted octanol–water partition coefficient (Wildman–Crippen LogP) is 1.84. The Bertz CT molecular complexity index is 454. The first-order valence-electron chi connectivity index (χ1n) is 5.05. The van der Waals surface area contributed by atoms with Crippen molar-refractivity contribution >= 4 is 35.3 Å². The Hall–Kier alpha value is -1.53. The van der Waals surface area contributed by atoms with Crippen LogP contribution in [0.1, 0.15) is 0 Å². The van der Waals surface area contributed by atoms with Crippen molar-refractivity contribution in [3.63, 3.8) is 0 Å². The van der Waals surface area contributed by atoms with E-state index in [0.29, 0.717) is 16.6 Å². The summed E-state index contributed by atoms with van der Waals surface area (Å²) in [6, 6.07) is 2.84. The largest absolute Gasteiger partial charge is 0.334 e. The number of pyridine rings is 1. The van der Waals surface area contributed by atoms with Gasteiger partial charge in [0.2, 0.25) is 5.91 Å². The van der Waals surface area contributed by atoms with E-state index in [1.807, 2.05) is 0 Å². The Morgan fingerprint density at radius 1 is 1.56 bits per heavy atom. The fourth-order valence-electron chi connectivity index (χ4n) is 0.983. The summed E-state index contributed by atoms with van der Waals surface area (Å²) in [6.07, 6.45) is 3.11. The first-order chi connectivity index (χ1) is 8.63. The first-order valence-corrected chi connectivity index (χ1v) is 6.41. The topological polar surface area (TPSA) is 71.1 Å². The molecule has 1 heterocycles. The van der Waals surface area contributed by atoms with Crippen LogP contribution in [-0.4, -0.2) is 29.2 Å². The van der Waals surface area contributed by atoms with Gasteiger partial charge in [-0.1, -0.05) is 29.4 Å². The van der Waals surface area contributed by atoms with E-state index in [0.717, 1.165) is 0 Å². The highest BCUT2D eigenvalue weighted by Crippen LogP contribution is 2.23. The molecule has 5 nitrogen and oxygen atoms in total. The fourth-order valence-corrected chi connectivity index (χ4v) is 1.95. The van der Waals surface area contributed by atoms with E-state index < -0.39 is 11.9 Å². The molecule has 0 saturated carbocycles. The summed E-state index contributed by atoms with van der Waals surface area (Å²) in [5.74, 6) is -0.346. The molecule has 1 aromatic rings. The van der Waals surface area contributed by atoms with Crippen LogP contribution in [0.25, 0.3) is 0 Å². The monoisotopic (exact) mass is 285 g/mol. The van der Waals surface area contributed by atoms with E-state index in [9.17, 15) is 9.59 Å². The van der Waals surface area contributed by atoms with Gasteiger partial charge in [0.15, 0.2) is 0 Å². The Balaban J connectivity index is 2.35. The summed E-state index contributed by atoms with van der Waals surface area (Å²) in [7, 11) is 0. The van der Waals surface area contributed by atoms with Crippen molar-refractivity contribution in [2.24, 2.45) is 0 Å². The lowest BCUT2D eigenvalue weighted by molar-refractivity contribution is -0.117. The highest BCUT2D eigenvalue weighted by molar-refractivity contribution is 8.00. The van der Waals surface area contributed by atoms with Crippen molar-refractivity contribution in [2.75, 3.05) is 12.3 Å². The minimum Gasteiger partial charge on any atom is -0.334 e. The molecule has 18 heavy (non-hydrogen) atoms. The van der Waals surface area contributed by atoms with Gasteiger partial charge in [0.05, 0.1) is 10.8 Å². The lowest BCUT2D eigenvalue weighted by Crippen LogP contribution is -2.40. The molecule has 0 aliphatic heterocycles. The Morgan fingerprint density at radius 2 is 2.33 bits per heavy atom. The number of imide groups is 1. The van der Waals surface area contributed by atoms with Gasteiger partial charge in [-0.15, -0.1) is 6.58 Å². The van der Waals surface area contributed by atoms with Crippen LogP contribution in [0.5, 0.6) is 0 Å². The number of halogens is 1. The molecule has 0 unspecified atom stereocenters. The maximum atomic E-state index is 11.4. The van der Waals surface area contributed by atoms with Gasteiger partial charge >= 0.3 is 6.03 Å². The maximum Gasteiger partial charge on any atom is 0.321 e. The number of carbonyl (C=O) groups excluding carboxylic acids is 2. The van der Waals surface area contributed by atoms with Crippen molar-refractivity contribution in [3.05, 3.63) is 36.0 Å². The molecule has 0 atom stereocenters. The number of nitrogens with zero attached hydrogens (tertiary/aromatic N) is 1. The van der Waals surface area contributed by atoms with Crippen molar-refractivity contribution < 1.29 is 9.59 Å². The molecule has 7 heteroatoms. The molecule has 0 fully saturated rings. The second-order valence-electron chi connectivity index (χ2n) is 3.13. The van der Waals surface area contributed by atoms with Gasteiger partial charge in [0.25, 0.3) is 0 Å². The highest BCUT2D eigenvalue weighted by atomic mass is 35.5. The van der Waals surface area contributed by atoms with Crippen LogP contribution >= 0.6 is 23.4 Å². The smallest absolute Gasteiger partial charge is 0.321 e. The van der Waals surface area contributed by atoms with E-state index in [1.165, 1.54) is 17.8 Å². The predicted molar refractivity (Wildman–Crippen MR) is 71.7 cm³/mol. The van der Waals surface area contributed by atoms with Crippen molar-refractivity contribution in [1.82, 2.24) is 15.6 Å². The van der Waals surface area contributed by atoms with Crippen LogP contribution in [0.3, 0.4) is 0 Å². The molecule has 96 valence electrons. The third-order valence-electron chi connectivity index (χ3n) is 1.72. The van der Waals surface area contributed by atoms with Crippen molar-refractivity contribution in [1.29, 1.82) is 0 Å². The highest BCUT2D eigenvalue weighted by Gasteiger charge is 2.09. The van der Waals surface area contributed by atoms with Crippen molar-refractivity contribution in [2.45, 2.75) is 5.03 Å². The number of thioether (sulfide) groups is 1. The van der Waals surface area contributed by atoms with Crippen LogP contribution in [0.4, 0.5) is 4.79 Å². The second-order valence-corrected chi connectivity index (χ2v) is 4.50. The van der Waals surface area contributed by atoms with Gasteiger partial charge in [-0.3, -0.25) is 10.1 Å². The molecule has 0 radical (unpaired) electrons. The number of aromatic nitrogens is 1. The van der Waals surface area contributed by atoms with Crippen molar-refractivity contribution in [3.8, 4) is 0 Å². The molecule has 0 aliphatic carbocycles. The lowest BCUT2D eigenvalue weighted by Gasteiger charge is -2.05. The Morgan fingerprint density at radius 3 is 3.00 bits per heavy atom. The number of carbonyl (C=O) groups is 2. The molecule has 1 aromatic heterocycles. The molecule has 0 aromatic carbocycles. The summed E-state index contributed by atoms with van der Waals surface area (Å²) in [5.41, 5.74) is 0. The van der Waals surface area contributed by atoms with Crippen LogP contribution in [0, 0.1) is 0 Å². The molecular formula is C11H12ClN3O2S. The molecule has 3 amide bonds. The van der Waals surface area contributed by atoms with Gasteiger partial charge < -0.3 is 5.32 Å². The summed E-state index contributed by atoms with van der Waals surface area (Å²) < 4.78 is 0. The van der Waals surface area contributed by atoms with Crippen LogP contribution in [0.15, 0.2) is 36.0 Å². The quantitative estimate of drug-likeness (QED) is 0.640. The van der Waals surface area contributed by atoms with Gasteiger partial charge in [-0.25, -0.2) is 9.78 Å². The number of rotatable bonds is 5. The zero-order chi connectivity index (χ0) is 13.4. The minimum absolute atomic E-state index is 0.0677. The second kappa shape index (κ2) is 7.73. The van der Waals surface area contributed by atoms with Crippen LogP contribution < -0.4 is 10.6 Å². The third kappa shape index (κ3) is 5.20. The van der Waals surface area contributed by atoms with E-state index in [4.69, 9.17) is 11.6 Å². The van der Waals surface area contributed by atoms with Crippen LogP contribution in [0.2, 0.25) is 5.02 Å². The zero-order valence-electron chi connectivity index (χ0n) is 9.48. The molecule has 0 saturated heterocycles. The van der Waals surface area contributed by atoms with E-state index in [1.54, 1.807) is 18.3 Å². The molecule has 2 N–H and O–H groups in total. The third-order valence-corrected chi connectivity index (χ3v) is 3.15. The average molecular weight is 286 g/mol. The maximum absolute atomic E-state index is 11.4. The molecular weight excluding hydrogens is 274 g/mol. The van der Waals surface area contributed by atoms with E-state index in [2.05, 4.69) is 22.2 Å². The van der Waals surface area contributed by atoms with E-state index in [-0.39, 0.29) is 5.75 Å². The summed E-state index contributed by atoms with van der Waals surface area (Å²) in [4.78, 5) is 26.6. The lowest BCUT2D eigenvalue weighted by atomic mass is 10.5. The van der Waals surface area contributed by atoms with Gasteiger partial charge in [0.1, 0.15) is 5.03 Å². The van der Waals surface area contributed by atoms with Gasteiger partial charge in [-0.05, 0) is 12.1 Å². The first kappa shape index (κ1) is 14.5. The summed E-state index contributed by atoms with van der Waals surface area (Å²) in [6.45, 7) is 3.75. The number of hydrogen-bond donors (Lipinski definition) is 2.